The Morgan fingerprint density at radius 1 is 1.00 bits per heavy atom. The molecule has 0 aliphatic carbocycles. The Labute approximate surface area is 111 Å². The summed E-state index contributed by atoms with van der Waals surface area (Å²) in [7, 11) is 0. The van der Waals surface area contributed by atoms with Gasteiger partial charge in [-0.15, -0.1) is 0 Å². The molecule has 0 bridgehead atoms. The molecule has 5 unspecified atom stereocenters. The molecule has 5 atom stereocenters. The summed E-state index contributed by atoms with van der Waals surface area (Å²) >= 11 is 0. The molecule has 0 aromatic rings. The highest BCUT2D eigenvalue weighted by Crippen LogP contribution is 2.24. The monoisotopic (exact) mass is 278 g/mol. The quantitative estimate of drug-likeness (QED) is 0.342. The largest absolute Gasteiger partial charge is 0.394 e. The van der Waals surface area contributed by atoms with E-state index in [4.69, 9.17) is 19.3 Å². The van der Waals surface area contributed by atoms with Crippen LogP contribution in [0.5, 0.6) is 0 Å². The number of aliphatic hydroxyl groups is 4. The van der Waals surface area contributed by atoms with E-state index in [0.717, 1.165) is 0 Å². The van der Waals surface area contributed by atoms with Gasteiger partial charge in [-0.2, -0.15) is 0 Å². The molecule has 4 N–H and O–H groups in total. The van der Waals surface area contributed by atoms with Crippen LogP contribution in [0.2, 0.25) is 0 Å². The van der Waals surface area contributed by atoms with Crippen molar-refractivity contribution in [3.63, 3.8) is 0 Å². The standard InChI is InChI=1S/C12H22O7/c13-3-7(14)4-19-12(10(15)1-8-5-17-8)11(16)2-9-6-18-9/h7-16H,1-6H2. The number of hydrogen-bond donors (Lipinski definition) is 4. The van der Waals surface area contributed by atoms with E-state index in [1.807, 2.05) is 0 Å². The molecule has 2 saturated heterocycles. The molecule has 2 fully saturated rings. The fourth-order valence-corrected chi connectivity index (χ4v) is 1.97. The van der Waals surface area contributed by atoms with Crippen LogP contribution in [-0.2, 0) is 14.2 Å². The van der Waals surface area contributed by atoms with Gasteiger partial charge in [0.1, 0.15) is 12.2 Å². The fourth-order valence-electron chi connectivity index (χ4n) is 1.97. The Balaban J connectivity index is 1.81. The van der Waals surface area contributed by atoms with Crippen LogP contribution in [0, 0.1) is 0 Å². The molecule has 2 aliphatic rings. The first-order valence-corrected chi connectivity index (χ1v) is 6.60. The molecule has 2 rings (SSSR count). The zero-order valence-electron chi connectivity index (χ0n) is 10.7. The van der Waals surface area contributed by atoms with Crippen molar-refractivity contribution in [1.82, 2.24) is 0 Å². The third-order valence-electron chi connectivity index (χ3n) is 3.26. The van der Waals surface area contributed by atoms with Crippen molar-refractivity contribution in [3.05, 3.63) is 0 Å². The predicted octanol–water partition coefficient (Wildman–Crippen LogP) is -1.98. The van der Waals surface area contributed by atoms with Gasteiger partial charge < -0.3 is 34.6 Å². The number of rotatable bonds is 10. The first-order valence-electron chi connectivity index (χ1n) is 6.60. The van der Waals surface area contributed by atoms with Crippen molar-refractivity contribution in [2.45, 2.75) is 49.5 Å². The number of aliphatic hydroxyl groups excluding tert-OH is 4. The summed E-state index contributed by atoms with van der Waals surface area (Å²) < 4.78 is 15.4. The molecule has 2 aliphatic heterocycles. The minimum Gasteiger partial charge on any atom is -0.394 e. The maximum Gasteiger partial charge on any atom is 0.109 e. The minimum atomic E-state index is -1.02. The Morgan fingerprint density at radius 3 is 1.84 bits per heavy atom. The highest BCUT2D eigenvalue weighted by molar-refractivity contribution is 4.86. The van der Waals surface area contributed by atoms with Gasteiger partial charge in [-0.05, 0) is 0 Å². The second kappa shape index (κ2) is 6.94. The van der Waals surface area contributed by atoms with Gasteiger partial charge in [-0.1, -0.05) is 0 Å². The lowest BCUT2D eigenvalue weighted by atomic mass is 10.00. The molecule has 7 nitrogen and oxygen atoms in total. The summed E-state index contributed by atoms with van der Waals surface area (Å²) in [6, 6.07) is 0. The lowest BCUT2D eigenvalue weighted by molar-refractivity contribution is -0.126. The second-order valence-electron chi connectivity index (χ2n) is 5.15. The molecule has 0 aromatic heterocycles. The fraction of sp³-hybridized carbons (Fsp3) is 1.00. The average molecular weight is 278 g/mol. The molecular formula is C12H22O7. The molecule has 0 saturated carbocycles. The molecular weight excluding hydrogens is 256 g/mol. The minimum absolute atomic E-state index is 0.0215. The topological polar surface area (TPSA) is 115 Å². The Morgan fingerprint density at radius 2 is 1.47 bits per heavy atom. The number of ether oxygens (including phenoxy) is 3. The Hall–Kier alpha value is -0.280. The van der Waals surface area contributed by atoms with E-state index in [0.29, 0.717) is 26.1 Å². The van der Waals surface area contributed by atoms with Crippen LogP contribution >= 0.6 is 0 Å². The summed E-state index contributed by atoms with van der Waals surface area (Å²) in [6.45, 7) is 0.679. The van der Waals surface area contributed by atoms with Crippen molar-refractivity contribution in [3.8, 4) is 0 Å². The van der Waals surface area contributed by atoms with Crippen LogP contribution in [0.3, 0.4) is 0 Å². The van der Waals surface area contributed by atoms with Crippen LogP contribution in [0.25, 0.3) is 0 Å². The van der Waals surface area contributed by atoms with Gasteiger partial charge in [0.25, 0.3) is 0 Å². The molecule has 0 amide bonds. The van der Waals surface area contributed by atoms with E-state index in [1.54, 1.807) is 0 Å². The maximum absolute atomic E-state index is 10.1. The van der Waals surface area contributed by atoms with Crippen molar-refractivity contribution >= 4 is 0 Å². The van der Waals surface area contributed by atoms with Gasteiger partial charge in [0.15, 0.2) is 0 Å². The average Bonchev–Trinajstić information content (AvgIpc) is 3.25. The molecule has 19 heavy (non-hydrogen) atoms. The van der Waals surface area contributed by atoms with E-state index in [2.05, 4.69) is 0 Å². The third kappa shape index (κ3) is 5.31. The summed E-state index contributed by atoms with van der Waals surface area (Å²) in [4.78, 5) is 0. The summed E-state index contributed by atoms with van der Waals surface area (Å²) in [5.74, 6) is 0. The van der Waals surface area contributed by atoms with Gasteiger partial charge >= 0.3 is 0 Å². The van der Waals surface area contributed by atoms with Gasteiger partial charge in [0.05, 0.1) is 50.8 Å². The number of hydrogen-bond acceptors (Lipinski definition) is 7. The van der Waals surface area contributed by atoms with Crippen molar-refractivity contribution < 1.29 is 34.6 Å². The molecule has 2 heterocycles. The Bertz CT molecular complexity index is 247. The van der Waals surface area contributed by atoms with E-state index in [-0.39, 0.29) is 18.8 Å². The first kappa shape index (κ1) is 15.1. The van der Waals surface area contributed by atoms with Gasteiger partial charge in [0.2, 0.25) is 0 Å². The van der Waals surface area contributed by atoms with Crippen LogP contribution in [-0.4, -0.2) is 83.5 Å². The van der Waals surface area contributed by atoms with E-state index >= 15 is 0 Å². The van der Waals surface area contributed by atoms with Crippen LogP contribution in [0.4, 0.5) is 0 Å². The van der Waals surface area contributed by atoms with Crippen LogP contribution < -0.4 is 0 Å². The zero-order valence-corrected chi connectivity index (χ0v) is 10.7. The van der Waals surface area contributed by atoms with Crippen molar-refractivity contribution in [1.29, 1.82) is 0 Å². The summed E-state index contributed by atoms with van der Waals surface area (Å²) in [5.41, 5.74) is 0. The summed E-state index contributed by atoms with van der Waals surface area (Å²) in [6.07, 6.45) is -2.74. The van der Waals surface area contributed by atoms with Crippen LogP contribution in [0.1, 0.15) is 12.8 Å². The molecule has 7 heteroatoms. The van der Waals surface area contributed by atoms with E-state index < -0.39 is 31.0 Å². The molecule has 0 aromatic carbocycles. The van der Waals surface area contributed by atoms with Gasteiger partial charge in [0, 0.05) is 12.8 Å². The van der Waals surface area contributed by atoms with Crippen molar-refractivity contribution in [2.24, 2.45) is 0 Å². The van der Waals surface area contributed by atoms with E-state index in [9.17, 15) is 15.3 Å². The number of epoxide rings is 2. The Kier molecular flexibility index (Phi) is 5.52. The lowest BCUT2D eigenvalue weighted by Crippen LogP contribution is -2.43. The van der Waals surface area contributed by atoms with Crippen LogP contribution in [0.15, 0.2) is 0 Å². The smallest absolute Gasteiger partial charge is 0.109 e. The highest BCUT2D eigenvalue weighted by Gasteiger charge is 2.37. The highest BCUT2D eigenvalue weighted by atomic mass is 16.6. The third-order valence-corrected chi connectivity index (χ3v) is 3.26. The summed E-state index contributed by atoms with van der Waals surface area (Å²) in [5, 5.41) is 38.1. The van der Waals surface area contributed by atoms with Gasteiger partial charge in [-0.25, -0.2) is 0 Å². The molecule has 0 radical (unpaired) electrons. The van der Waals surface area contributed by atoms with Crippen molar-refractivity contribution in [2.75, 3.05) is 26.4 Å². The zero-order chi connectivity index (χ0) is 13.8. The normalized spacial score (nSPS) is 31.6. The molecule has 112 valence electrons. The predicted molar refractivity (Wildman–Crippen MR) is 63.6 cm³/mol. The lowest BCUT2D eigenvalue weighted by Gasteiger charge is -2.28. The first-order chi connectivity index (χ1) is 9.10. The SMILES string of the molecule is OCC(O)COC(C(O)CC1CO1)C(O)CC1CO1. The van der Waals surface area contributed by atoms with Gasteiger partial charge in [-0.3, -0.25) is 0 Å². The maximum atomic E-state index is 10.1. The van der Waals surface area contributed by atoms with E-state index in [1.165, 1.54) is 0 Å². The second-order valence-corrected chi connectivity index (χ2v) is 5.15. The molecule has 0 spiro atoms.